The second-order valence-corrected chi connectivity index (χ2v) is 4.96. The zero-order valence-corrected chi connectivity index (χ0v) is 11.0. The van der Waals surface area contributed by atoms with Crippen molar-refractivity contribution in [1.82, 2.24) is 5.32 Å². The molecule has 4 nitrogen and oxygen atoms in total. The fraction of sp³-hybridized carbons (Fsp3) is 0.429. The molecule has 0 bridgehead atoms. The molecule has 1 amide bonds. The molecule has 0 unspecified atom stereocenters. The molecule has 4 heteroatoms. The van der Waals surface area contributed by atoms with Gasteiger partial charge in [-0.25, -0.2) is 0 Å². The fourth-order valence-corrected chi connectivity index (χ4v) is 1.69. The van der Waals surface area contributed by atoms with Gasteiger partial charge in [0.15, 0.2) is 0 Å². The normalized spacial score (nSPS) is 11.1. The van der Waals surface area contributed by atoms with Crippen LogP contribution >= 0.6 is 0 Å². The Morgan fingerprint density at radius 2 is 1.78 bits per heavy atom. The SMILES string of the molecule is CCc1ccc(C(=O)NC(C)(C)CC(=O)O)cc1. The van der Waals surface area contributed by atoms with Crippen molar-refractivity contribution in [2.45, 2.75) is 39.2 Å². The predicted molar refractivity (Wildman–Crippen MR) is 69.6 cm³/mol. The largest absolute Gasteiger partial charge is 0.481 e. The highest BCUT2D eigenvalue weighted by molar-refractivity contribution is 5.94. The van der Waals surface area contributed by atoms with Gasteiger partial charge in [-0.2, -0.15) is 0 Å². The summed E-state index contributed by atoms with van der Waals surface area (Å²) in [6.07, 6.45) is 0.818. The van der Waals surface area contributed by atoms with E-state index in [0.717, 1.165) is 12.0 Å². The third-order valence-corrected chi connectivity index (χ3v) is 2.67. The Bertz CT molecular complexity index is 435. The van der Waals surface area contributed by atoms with Crippen LogP contribution in [0, 0.1) is 0 Å². The van der Waals surface area contributed by atoms with Gasteiger partial charge in [-0.15, -0.1) is 0 Å². The van der Waals surface area contributed by atoms with Crippen LogP contribution in [0.5, 0.6) is 0 Å². The van der Waals surface area contributed by atoms with Gasteiger partial charge >= 0.3 is 5.97 Å². The highest BCUT2D eigenvalue weighted by atomic mass is 16.4. The van der Waals surface area contributed by atoms with Crippen LogP contribution in [-0.4, -0.2) is 22.5 Å². The lowest BCUT2D eigenvalue weighted by Gasteiger charge is -2.24. The van der Waals surface area contributed by atoms with Crippen LogP contribution in [0.2, 0.25) is 0 Å². The van der Waals surface area contributed by atoms with E-state index in [4.69, 9.17) is 5.11 Å². The summed E-state index contributed by atoms with van der Waals surface area (Å²) in [5.41, 5.74) is 0.953. The summed E-state index contributed by atoms with van der Waals surface area (Å²) in [5.74, 6) is -1.18. The van der Waals surface area contributed by atoms with Gasteiger partial charge in [0.1, 0.15) is 0 Å². The second-order valence-electron chi connectivity index (χ2n) is 4.96. The summed E-state index contributed by atoms with van der Waals surface area (Å²) in [5, 5.41) is 11.5. The summed E-state index contributed by atoms with van der Waals surface area (Å²) < 4.78 is 0. The number of benzene rings is 1. The van der Waals surface area contributed by atoms with Crippen molar-refractivity contribution in [1.29, 1.82) is 0 Å². The van der Waals surface area contributed by atoms with Crippen molar-refractivity contribution >= 4 is 11.9 Å². The van der Waals surface area contributed by atoms with E-state index in [1.54, 1.807) is 26.0 Å². The zero-order chi connectivity index (χ0) is 13.8. The van der Waals surface area contributed by atoms with Gasteiger partial charge in [-0.05, 0) is 38.0 Å². The maximum Gasteiger partial charge on any atom is 0.305 e. The van der Waals surface area contributed by atoms with E-state index in [1.807, 2.05) is 19.1 Å². The topological polar surface area (TPSA) is 66.4 Å². The Morgan fingerprint density at radius 1 is 1.22 bits per heavy atom. The third kappa shape index (κ3) is 4.20. The molecule has 1 rings (SSSR count). The maximum atomic E-state index is 11.9. The van der Waals surface area contributed by atoms with Gasteiger partial charge < -0.3 is 10.4 Å². The maximum absolute atomic E-state index is 11.9. The molecule has 0 spiro atoms. The van der Waals surface area contributed by atoms with Crippen LogP contribution in [0.4, 0.5) is 0 Å². The molecule has 0 atom stereocenters. The van der Waals surface area contributed by atoms with Crippen molar-refractivity contribution in [3.8, 4) is 0 Å². The molecular formula is C14H19NO3. The molecule has 18 heavy (non-hydrogen) atoms. The Hall–Kier alpha value is -1.84. The van der Waals surface area contributed by atoms with E-state index in [-0.39, 0.29) is 12.3 Å². The number of hydrogen-bond donors (Lipinski definition) is 2. The number of hydrogen-bond acceptors (Lipinski definition) is 2. The van der Waals surface area contributed by atoms with E-state index < -0.39 is 11.5 Å². The molecule has 1 aromatic rings. The standard InChI is InChI=1S/C14H19NO3/c1-4-10-5-7-11(8-6-10)13(18)15-14(2,3)9-12(16)17/h5-8H,4,9H2,1-3H3,(H,15,18)(H,16,17). The highest BCUT2D eigenvalue weighted by Gasteiger charge is 2.24. The van der Waals surface area contributed by atoms with E-state index in [9.17, 15) is 9.59 Å². The molecule has 0 aliphatic heterocycles. The van der Waals surface area contributed by atoms with Crippen molar-refractivity contribution in [3.05, 3.63) is 35.4 Å². The lowest BCUT2D eigenvalue weighted by molar-refractivity contribution is -0.138. The first kappa shape index (κ1) is 14.2. The molecule has 0 aliphatic carbocycles. The molecule has 2 N–H and O–H groups in total. The summed E-state index contributed by atoms with van der Waals surface area (Å²) in [6, 6.07) is 7.31. The van der Waals surface area contributed by atoms with E-state index in [2.05, 4.69) is 5.32 Å². The van der Waals surface area contributed by atoms with Crippen LogP contribution in [0.1, 0.15) is 43.1 Å². The van der Waals surface area contributed by atoms with Crippen LogP contribution in [0.25, 0.3) is 0 Å². The monoisotopic (exact) mass is 249 g/mol. The number of carbonyl (C=O) groups excluding carboxylic acids is 1. The summed E-state index contributed by atoms with van der Waals surface area (Å²) in [7, 11) is 0. The average Bonchev–Trinajstić information content (AvgIpc) is 2.26. The predicted octanol–water partition coefficient (Wildman–Crippen LogP) is 2.23. The first-order valence-corrected chi connectivity index (χ1v) is 5.97. The lowest BCUT2D eigenvalue weighted by Crippen LogP contribution is -2.44. The minimum absolute atomic E-state index is 0.105. The van der Waals surface area contributed by atoms with Crippen LogP contribution in [0.3, 0.4) is 0 Å². The molecule has 1 aromatic carbocycles. The van der Waals surface area contributed by atoms with Gasteiger partial charge in [-0.1, -0.05) is 19.1 Å². The Labute approximate surface area is 107 Å². The Morgan fingerprint density at radius 3 is 2.22 bits per heavy atom. The van der Waals surface area contributed by atoms with Gasteiger partial charge in [0.2, 0.25) is 0 Å². The van der Waals surface area contributed by atoms with E-state index in [0.29, 0.717) is 5.56 Å². The Kier molecular flexibility index (Phi) is 4.48. The number of carboxylic acids is 1. The molecule has 98 valence electrons. The van der Waals surface area contributed by atoms with Crippen LogP contribution in [-0.2, 0) is 11.2 Å². The highest BCUT2D eigenvalue weighted by Crippen LogP contribution is 2.11. The summed E-state index contributed by atoms with van der Waals surface area (Å²) in [6.45, 7) is 5.43. The summed E-state index contributed by atoms with van der Waals surface area (Å²) >= 11 is 0. The molecule has 0 fully saturated rings. The van der Waals surface area contributed by atoms with Gasteiger partial charge in [0, 0.05) is 11.1 Å². The van der Waals surface area contributed by atoms with Crippen molar-refractivity contribution < 1.29 is 14.7 Å². The minimum Gasteiger partial charge on any atom is -0.481 e. The molecular weight excluding hydrogens is 230 g/mol. The second kappa shape index (κ2) is 5.67. The number of aliphatic carboxylic acids is 1. The van der Waals surface area contributed by atoms with Crippen molar-refractivity contribution in [3.63, 3.8) is 0 Å². The number of aryl methyl sites for hydroxylation is 1. The summed E-state index contributed by atoms with van der Waals surface area (Å²) in [4.78, 5) is 22.6. The number of nitrogens with one attached hydrogen (secondary N) is 1. The molecule has 0 saturated carbocycles. The molecule has 0 aliphatic rings. The van der Waals surface area contributed by atoms with Gasteiger partial charge in [-0.3, -0.25) is 9.59 Å². The number of rotatable bonds is 5. The number of carboxylic acid groups (broad SMARTS) is 1. The molecule has 0 aromatic heterocycles. The van der Waals surface area contributed by atoms with Crippen molar-refractivity contribution in [2.75, 3.05) is 0 Å². The Balaban J connectivity index is 2.72. The first-order valence-electron chi connectivity index (χ1n) is 5.97. The minimum atomic E-state index is -0.929. The molecule has 0 heterocycles. The van der Waals surface area contributed by atoms with E-state index >= 15 is 0 Å². The van der Waals surface area contributed by atoms with E-state index in [1.165, 1.54) is 0 Å². The third-order valence-electron chi connectivity index (χ3n) is 2.67. The number of amides is 1. The lowest BCUT2D eigenvalue weighted by atomic mass is 10.00. The van der Waals surface area contributed by atoms with Crippen LogP contribution in [0.15, 0.2) is 24.3 Å². The first-order chi connectivity index (χ1) is 8.34. The van der Waals surface area contributed by atoms with Gasteiger partial charge in [0.25, 0.3) is 5.91 Å². The average molecular weight is 249 g/mol. The number of carbonyl (C=O) groups is 2. The van der Waals surface area contributed by atoms with Crippen LogP contribution < -0.4 is 5.32 Å². The quantitative estimate of drug-likeness (QED) is 0.841. The molecule has 0 saturated heterocycles. The van der Waals surface area contributed by atoms with Gasteiger partial charge in [0.05, 0.1) is 6.42 Å². The molecule has 0 radical (unpaired) electrons. The zero-order valence-electron chi connectivity index (χ0n) is 11.0. The smallest absolute Gasteiger partial charge is 0.305 e. The van der Waals surface area contributed by atoms with Crippen molar-refractivity contribution in [2.24, 2.45) is 0 Å². The fourth-order valence-electron chi connectivity index (χ4n) is 1.69.